The van der Waals surface area contributed by atoms with Gasteiger partial charge in [0.15, 0.2) is 6.10 Å². The Morgan fingerprint density at radius 1 is 1.42 bits per heavy atom. The lowest BCUT2D eigenvalue weighted by atomic mass is 10.2. The van der Waals surface area contributed by atoms with E-state index in [1.54, 1.807) is 13.1 Å². The van der Waals surface area contributed by atoms with Crippen LogP contribution in [0.25, 0.3) is 0 Å². The van der Waals surface area contributed by atoms with Gasteiger partial charge in [-0.15, -0.1) is 0 Å². The Hall–Kier alpha value is -2.32. The standard InChI is InChI=1S/C16H17F2N3O3/c1-10-7-19-21(8-11-6-12(17)2-3-13(11)18)15(10)20-16(22)14-9-23-4-5-24-14/h2-3,6-7,14H,4-5,8-9H2,1H3,(H,20,22)/t14-/m1/s1. The molecular formula is C16H17F2N3O3. The quantitative estimate of drug-likeness (QED) is 0.925. The highest BCUT2D eigenvalue weighted by Crippen LogP contribution is 2.19. The van der Waals surface area contributed by atoms with E-state index in [9.17, 15) is 13.6 Å². The molecule has 2 heterocycles. The van der Waals surface area contributed by atoms with Crippen molar-refractivity contribution < 1.29 is 23.0 Å². The second-order valence-electron chi connectivity index (χ2n) is 5.49. The number of ether oxygens (including phenoxy) is 2. The third-order valence-corrected chi connectivity index (χ3v) is 3.70. The fourth-order valence-electron chi connectivity index (χ4n) is 2.42. The molecule has 1 aromatic heterocycles. The summed E-state index contributed by atoms with van der Waals surface area (Å²) in [5, 5.41) is 6.84. The average Bonchev–Trinajstić information content (AvgIpc) is 2.92. The molecule has 1 N–H and O–H groups in total. The first-order valence-electron chi connectivity index (χ1n) is 7.51. The first-order valence-corrected chi connectivity index (χ1v) is 7.51. The number of aromatic nitrogens is 2. The number of aryl methyl sites for hydroxylation is 1. The van der Waals surface area contributed by atoms with Gasteiger partial charge >= 0.3 is 0 Å². The number of amides is 1. The maximum atomic E-state index is 13.8. The molecule has 128 valence electrons. The van der Waals surface area contributed by atoms with Crippen LogP contribution in [0.3, 0.4) is 0 Å². The first kappa shape index (κ1) is 16.5. The Morgan fingerprint density at radius 3 is 3.00 bits per heavy atom. The number of carbonyl (C=O) groups is 1. The number of halogens is 2. The van der Waals surface area contributed by atoms with Crippen LogP contribution in [0.2, 0.25) is 0 Å². The highest BCUT2D eigenvalue weighted by Gasteiger charge is 2.24. The number of rotatable bonds is 4. The molecule has 0 saturated carbocycles. The number of benzene rings is 1. The smallest absolute Gasteiger partial charge is 0.257 e. The molecule has 0 radical (unpaired) electrons. The maximum absolute atomic E-state index is 13.8. The molecule has 6 nitrogen and oxygen atoms in total. The molecule has 1 amide bonds. The summed E-state index contributed by atoms with van der Waals surface area (Å²) in [6.45, 7) is 2.75. The molecule has 0 unspecified atom stereocenters. The van der Waals surface area contributed by atoms with E-state index in [2.05, 4.69) is 10.4 Å². The van der Waals surface area contributed by atoms with Gasteiger partial charge in [-0.05, 0) is 25.1 Å². The molecule has 0 aliphatic carbocycles. The van der Waals surface area contributed by atoms with Crippen LogP contribution >= 0.6 is 0 Å². The first-order chi connectivity index (χ1) is 11.5. The van der Waals surface area contributed by atoms with Crippen LogP contribution in [-0.2, 0) is 20.8 Å². The number of nitrogens with one attached hydrogen (secondary N) is 1. The van der Waals surface area contributed by atoms with Crippen molar-refractivity contribution >= 4 is 11.7 Å². The summed E-state index contributed by atoms with van der Waals surface area (Å²) in [6.07, 6.45) is 0.845. The van der Waals surface area contributed by atoms with Gasteiger partial charge in [-0.1, -0.05) is 0 Å². The van der Waals surface area contributed by atoms with Crippen molar-refractivity contribution in [3.63, 3.8) is 0 Å². The highest BCUT2D eigenvalue weighted by atomic mass is 19.1. The molecule has 0 bridgehead atoms. The summed E-state index contributed by atoms with van der Waals surface area (Å²) in [6, 6.07) is 3.22. The Kier molecular flexibility index (Phi) is 4.86. The molecule has 24 heavy (non-hydrogen) atoms. The lowest BCUT2D eigenvalue weighted by Crippen LogP contribution is -2.39. The zero-order valence-corrected chi connectivity index (χ0v) is 13.1. The van der Waals surface area contributed by atoms with E-state index in [-0.39, 0.29) is 24.6 Å². The van der Waals surface area contributed by atoms with E-state index >= 15 is 0 Å². The average molecular weight is 337 g/mol. The van der Waals surface area contributed by atoms with Crippen molar-refractivity contribution in [2.75, 3.05) is 25.1 Å². The lowest BCUT2D eigenvalue weighted by Gasteiger charge is -2.22. The van der Waals surface area contributed by atoms with Crippen molar-refractivity contribution in [3.05, 3.63) is 47.2 Å². The minimum Gasteiger partial charge on any atom is -0.376 e. The van der Waals surface area contributed by atoms with E-state index in [0.29, 0.717) is 24.6 Å². The molecule has 1 aromatic carbocycles. The van der Waals surface area contributed by atoms with Crippen LogP contribution in [-0.4, -0.2) is 41.6 Å². The van der Waals surface area contributed by atoms with Crippen molar-refractivity contribution in [2.24, 2.45) is 0 Å². The van der Waals surface area contributed by atoms with E-state index in [1.807, 2.05) is 0 Å². The minimum absolute atomic E-state index is 0.00489. The van der Waals surface area contributed by atoms with Crippen molar-refractivity contribution in [1.29, 1.82) is 0 Å². The summed E-state index contributed by atoms with van der Waals surface area (Å²) < 4.78 is 39.1. The Bertz CT molecular complexity index is 742. The fraction of sp³-hybridized carbons (Fsp3) is 0.375. The van der Waals surface area contributed by atoms with Gasteiger partial charge in [0, 0.05) is 11.1 Å². The van der Waals surface area contributed by atoms with Crippen LogP contribution in [0.5, 0.6) is 0 Å². The van der Waals surface area contributed by atoms with E-state index in [1.165, 1.54) is 4.68 Å². The number of hydrogen-bond donors (Lipinski definition) is 1. The van der Waals surface area contributed by atoms with Crippen molar-refractivity contribution in [2.45, 2.75) is 19.6 Å². The molecule has 0 spiro atoms. The van der Waals surface area contributed by atoms with Crippen LogP contribution < -0.4 is 5.32 Å². The van der Waals surface area contributed by atoms with Crippen molar-refractivity contribution in [1.82, 2.24) is 9.78 Å². The molecule has 1 saturated heterocycles. The van der Waals surface area contributed by atoms with Gasteiger partial charge in [0.05, 0.1) is 32.6 Å². The minimum atomic E-state index is -0.701. The summed E-state index contributed by atoms with van der Waals surface area (Å²) >= 11 is 0. The summed E-state index contributed by atoms with van der Waals surface area (Å²) in [7, 11) is 0. The molecule has 1 aliphatic rings. The van der Waals surface area contributed by atoms with E-state index in [4.69, 9.17) is 9.47 Å². The SMILES string of the molecule is Cc1cnn(Cc2cc(F)ccc2F)c1NC(=O)[C@H]1COCCO1. The monoisotopic (exact) mass is 337 g/mol. The third-order valence-electron chi connectivity index (χ3n) is 3.70. The number of hydrogen-bond acceptors (Lipinski definition) is 4. The largest absolute Gasteiger partial charge is 0.376 e. The number of carbonyl (C=O) groups excluding carboxylic acids is 1. The molecule has 3 rings (SSSR count). The summed E-state index contributed by atoms with van der Waals surface area (Å²) in [5.74, 6) is -1.02. The van der Waals surface area contributed by atoms with Gasteiger partial charge in [-0.25, -0.2) is 13.5 Å². The Morgan fingerprint density at radius 2 is 2.25 bits per heavy atom. The maximum Gasteiger partial charge on any atom is 0.257 e. The Balaban J connectivity index is 1.78. The second-order valence-corrected chi connectivity index (χ2v) is 5.49. The van der Waals surface area contributed by atoms with E-state index < -0.39 is 17.7 Å². The highest BCUT2D eigenvalue weighted by molar-refractivity contribution is 5.94. The summed E-state index contributed by atoms with van der Waals surface area (Å²) in [5.41, 5.74) is 0.850. The topological polar surface area (TPSA) is 65.4 Å². The van der Waals surface area contributed by atoms with E-state index in [0.717, 1.165) is 18.2 Å². The van der Waals surface area contributed by atoms with Crippen LogP contribution in [0.4, 0.5) is 14.6 Å². The van der Waals surface area contributed by atoms with Crippen LogP contribution in [0.15, 0.2) is 24.4 Å². The molecule has 1 aliphatic heterocycles. The molecule has 8 heteroatoms. The third kappa shape index (κ3) is 3.60. The normalized spacial score (nSPS) is 17.7. The van der Waals surface area contributed by atoms with Crippen LogP contribution in [0.1, 0.15) is 11.1 Å². The number of anilines is 1. The van der Waals surface area contributed by atoms with Crippen molar-refractivity contribution in [3.8, 4) is 0 Å². The van der Waals surface area contributed by atoms with Gasteiger partial charge in [0.2, 0.25) is 0 Å². The summed E-state index contributed by atoms with van der Waals surface area (Å²) in [4.78, 5) is 12.3. The predicted octanol–water partition coefficient (Wildman–Crippen LogP) is 1.87. The molecule has 1 fully saturated rings. The molecule has 2 aromatic rings. The second kappa shape index (κ2) is 7.06. The van der Waals surface area contributed by atoms with Gasteiger partial charge in [-0.3, -0.25) is 4.79 Å². The van der Waals surface area contributed by atoms with Gasteiger partial charge < -0.3 is 14.8 Å². The zero-order chi connectivity index (χ0) is 17.1. The van der Waals surface area contributed by atoms with Gasteiger partial charge in [-0.2, -0.15) is 5.10 Å². The molecular weight excluding hydrogens is 320 g/mol. The van der Waals surface area contributed by atoms with Crippen LogP contribution in [0, 0.1) is 18.6 Å². The Labute approximate surface area is 137 Å². The van der Waals surface area contributed by atoms with Gasteiger partial charge in [0.25, 0.3) is 5.91 Å². The predicted molar refractivity (Wildman–Crippen MR) is 81.6 cm³/mol. The molecule has 1 atom stereocenters. The number of nitrogens with zero attached hydrogens (tertiary/aromatic N) is 2. The fourth-order valence-corrected chi connectivity index (χ4v) is 2.42. The van der Waals surface area contributed by atoms with Gasteiger partial charge in [0.1, 0.15) is 17.5 Å². The lowest BCUT2D eigenvalue weighted by molar-refractivity contribution is -0.142. The zero-order valence-electron chi connectivity index (χ0n) is 13.1.